The lowest BCUT2D eigenvalue weighted by Crippen LogP contribution is -2.35. The van der Waals surface area contributed by atoms with Gasteiger partial charge in [0, 0.05) is 13.6 Å². The zero-order valence-electron chi connectivity index (χ0n) is 11.0. The average molecular weight is 315 g/mol. The second-order valence-electron chi connectivity index (χ2n) is 4.92. The highest BCUT2D eigenvalue weighted by Crippen LogP contribution is 2.33. The molecule has 0 aliphatic heterocycles. The summed E-state index contributed by atoms with van der Waals surface area (Å²) >= 11 is 5.85. The van der Waals surface area contributed by atoms with Gasteiger partial charge < -0.3 is 5.11 Å². The fourth-order valence-corrected chi connectivity index (χ4v) is 3.61. The van der Waals surface area contributed by atoms with Gasteiger partial charge in [0.1, 0.15) is 11.0 Å². The predicted molar refractivity (Wildman–Crippen MR) is 74.7 cm³/mol. The number of sulfonamides is 1. The number of hydrogen-bond acceptors (Lipinski definition) is 4. The molecule has 108 valence electrons. The third kappa shape index (κ3) is 2.96. The van der Waals surface area contributed by atoms with Gasteiger partial charge in [-0.2, -0.15) is 9.57 Å². The Bertz CT molecular complexity index is 650. The largest absolute Gasteiger partial charge is 0.391 e. The summed E-state index contributed by atoms with van der Waals surface area (Å²) in [6.07, 6.45) is 1.19. The molecular weight excluding hydrogens is 300 g/mol. The van der Waals surface area contributed by atoms with Crippen molar-refractivity contribution in [3.63, 3.8) is 0 Å². The summed E-state index contributed by atoms with van der Waals surface area (Å²) in [5.74, 6) is 0.183. The first-order valence-corrected chi connectivity index (χ1v) is 8.02. The smallest absolute Gasteiger partial charge is 0.244 e. The van der Waals surface area contributed by atoms with Crippen LogP contribution in [0, 0.1) is 17.2 Å². The highest BCUT2D eigenvalue weighted by Gasteiger charge is 2.34. The minimum absolute atomic E-state index is 0.0182. The number of hydrogen-bond donors (Lipinski definition) is 1. The van der Waals surface area contributed by atoms with Gasteiger partial charge in [-0.3, -0.25) is 0 Å². The predicted octanol–water partition coefficient (Wildman–Crippen LogP) is 1.60. The highest BCUT2D eigenvalue weighted by molar-refractivity contribution is 7.89. The molecule has 0 bridgehead atoms. The van der Waals surface area contributed by atoms with Gasteiger partial charge in [0.15, 0.2) is 0 Å². The Balaban J connectivity index is 2.30. The highest BCUT2D eigenvalue weighted by atomic mass is 35.5. The molecule has 1 aliphatic rings. The van der Waals surface area contributed by atoms with Gasteiger partial charge in [-0.1, -0.05) is 17.7 Å². The molecule has 0 aromatic heterocycles. The van der Waals surface area contributed by atoms with Crippen molar-refractivity contribution in [2.24, 2.45) is 5.92 Å². The number of benzene rings is 1. The first kappa shape index (κ1) is 15.3. The van der Waals surface area contributed by atoms with E-state index < -0.39 is 16.1 Å². The normalized spacial score (nSPS) is 16.9. The van der Waals surface area contributed by atoms with Crippen LogP contribution < -0.4 is 0 Å². The summed E-state index contributed by atoms with van der Waals surface area (Å²) < 4.78 is 26.0. The first-order chi connectivity index (χ1) is 9.37. The lowest BCUT2D eigenvalue weighted by atomic mass is 10.2. The maximum atomic E-state index is 12.4. The van der Waals surface area contributed by atoms with Crippen LogP contribution >= 0.6 is 11.6 Å². The number of likely N-dealkylation sites (N-methyl/N-ethyl adjacent to an activating group) is 1. The fourth-order valence-electron chi connectivity index (χ4n) is 1.99. The van der Waals surface area contributed by atoms with Crippen molar-refractivity contribution in [3.05, 3.63) is 28.8 Å². The summed E-state index contributed by atoms with van der Waals surface area (Å²) in [7, 11) is -2.45. The van der Waals surface area contributed by atoms with Gasteiger partial charge in [0.05, 0.1) is 16.7 Å². The topological polar surface area (TPSA) is 81.4 Å². The first-order valence-electron chi connectivity index (χ1n) is 6.21. The van der Waals surface area contributed by atoms with Crippen molar-refractivity contribution >= 4 is 21.6 Å². The summed E-state index contributed by atoms with van der Waals surface area (Å²) in [6, 6.07) is 6.12. The van der Waals surface area contributed by atoms with Crippen molar-refractivity contribution < 1.29 is 13.5 Å². The zero-order valence-corrected chi connectivity index (χ0v) is 12.5. The van der Waals surface area contributed by atoms with Gasteiger partial charge in [-0.05, 0) is 30.9 Å². The molecule has 0 amide bonds. The average Bonchev–Trinajstić information content (AvgIpc) is 3.22. The molecule has 0 radical (unpaired) electrons. The summed E-state index contributed by atoms with van der Waals surface area (Å²) in [5, 5.41) is 19.0. The number of halogens is 1. The maximum absolute atomic E-state index is 12.4. The molecular formula is C13H15ClN2O3S. The Kier molecular flexibility index (Phi) is 4.35. The van der Waals surface area contributed by atoms with Gasteiger partial charge in [0.2, 0.25) is 10.0 Å². The van der Waals surface area contributed by atoms with Crippen molar-refractivity contribution in [1.82, 2.24) is 4.31 Å². The molecule has 1 saturated carbocycles. The molecule has 0 heterocycles. The number of nitrogens with zero attached hydrogens (tertiary/aromatic N) is 2. The Morgan fingerprint density at radius 1 is 1.55 bits per heavy atom. The fraction of sp³-hybridized carbons (Fsp3) is 0.462. The van der Waals surface area contributed by atoms with Crippen LogP contribution in [0.15, 0.2) is 23.1 Å². The Labute approximate surface area is 123 Å². The van der Waals surface area contributed by atoms with Gasteiger partial charge >= 0.3 is 0 Å². The van der Waals surface area contributed by atoms with Crippen LogP contribution in [0.3, 0.4) is 0 Å². The summed E-state index contributed by atoms with van der Waals surface area (Å²) in [6.45, 7) is 0.0182. The Morgan fingerprint density at radius 3 is 2.75 bits per heavy atom. The molecule has 1 N–H and O–H groups in total. The molecule has 7 heteroatoms. The zero-order chi connectivity index (χ0) is 14.9. The van der Waals surface area contributed by atoms with E-state index in [0.29, 0.717) is 0 Å². The molecule has 0 saturated heterocycles. The van der Waals surface area contributed by atoms with Gasteiger partial charge in [-0.25, -0.2) is 8.42 Å². The van der Waals surface area contributed by atoms with E-state index in [0.717, 1.165) is 17.1 Å². The molecule has 1 aromatic carbocycles. The number of rotatable bonds is 5. The van der Waals surface area contributed by atoms with E-state index in [1.54, 1.807) is 0 Å². The van der Waals surface area contributed by atoms with E-state index >= 15 is 0 Å². The number of aliphatic hydroxyl groups is 1. The van der Waals surface area contributed by atoms with Crippen LogP contribution in [-0.2, 0) is 10.0 Å². The van der Waals surface area contributed by atoms with E-state index in [9.17, 15) is 13.5 Å². The standard InChI is InChI=1S/C13H15ClN2O3S/c1-16(8-12(17)9-5-6-9)20(18,19)13-4-2-3-11(14)10(13)7-15/h2-4,9,12,17H,5-6,8H2,1H3. The van der Waals surface area contributed by atoms with Gasteiger partial charge in [-0.15, -0.1) is 0 Å². The number of nitriles is 1. The van der Waals surface area contributed by atoms with E-state index in [2.05, 4.69) is 0 Å². The van der Waals surface area contributed by atoms with Crippen LogP contribution in [0.4, 0.5) is 0 Å². The molecule has 0 spiro atoms. The molecule has 5 nitrogen and oxygen atoms in total. The van der Waals surface area contributed by atoms with Crippen molar-refractivity contribution in [2.45, 2.75) is 23.8 Å². The number of aliphatic hydroxyl groups excluding tert-OH is 1. The van der Waals surface area contributed by atoms with E-state index in [-0.39, 0.29) is 27.9 Å². The summed E-state index contributed by atoms with van der Waals surface area (Å²) in [5.41, 5.74) is -0.0677. The Morgan fingerprint density at radius 2 is 2.20 bits per heavy atom. The second-order valence-corrected chi connectivity index (χ2v) is 7.34. The molecule has 1 atom stereocenters. The molecule has 1 unspecified atom stereocenters. The van der Waals surface area contributed by atoms with Crippen LogP contribution in [0.25, 0.3) is 0 Å². The van der Waals surface area contributed by atoms with E-state index in [1.807, 2.05) is 6.07 Å². The van der Waals surface area contributed by atoms with Crippen LogP contribution in [0.1, 0.15) is 18.4 Å². The monoisotopic (exact) mass is 314 g/mol. The van der Waals surface area contributed by atoms with Gasteiger partial charge in [0.25, 0.3) is 0 Å². The minimum Gasteiger partial charge on any atom is -0.391 e. The summed E-state index contributed by atoms with van der Waals surface area (Å²) in [4.78, 5) is -0.127. The molecule has 1 aliphatic carbocycles. The molecule has 1 fully saturated rings. The van der Waals surface area contributed by atoms with Crippen LogP contribution in [0.2, 0.25) is 5.02 Å². The third-order valence-electron chi connectivity index (χ3n) is 3.39. The molecule has 1 aromatic rings. The minimum atomic E-state index is -3.84. The third-order valence-corrected chi connectivity index (χ3v) is 5.57. The molecule has 2 rings (SSSR count). The maximum Gasteiger partial charge on any atom is 0.244 e. The van der Waals surface area contributed by atoms with Crippen molar-refractivity contribution in [1.29, 1.82) is 5.26 Å². The Hall–Kier alpha value is -1.13. The second kappa shape index (κ2) is 5.70. The van der Waals surface area contributed by atoms with E-state index in [4.69, 9.17) is 16.9 Å². The van der Waals surface area contributed by atoms with E-state index in [1.165, 1.54) is 25.2 Å². The SMILES string of the molecule is CN(CC(O)C1CC1)S(=O)(=O)c1cccc(Cl)c1C#N. The van der Waals surface area contributed by atoms with Crippen LogP contribution in [0.5, 0.6) is 0 Å². The van der Waals surface area contributed by atoms with Crippen molar-refractivity contribution in [2.75, 3.05) is 13.6 Å². The lowest BCUT2D eigenvalue weighted by Gasteiger charge is -2.21. The van der Waals surface area contributed by atoms with Crippen molar-refractivity contribution in [3.8, 4) is 6.07 Å². The van der Waals surface area contributed by atoms with Crippen LogP contribution in [-0.4, -0.2) is 37.5 Å². The quantitative estimate of drug-likeness (QED) is 0.895. The lowest BCUT2D eigenvalue weighted by molar-refractivity contribution is 0.131. The molecule has 20 heavy (non-hydrogen) atoms.